The minimum Gasteiger partial charge on any atom is -0.355 e. The Kier molecular flexibility index (Phi) is 7.08. The third-order valence-corrected chi connectivity index (χ3v) is 8.33. The Morgan fingerprint density at radius 2 is 1.46 bits per heavy atom. The molecule has 0 aliphatic carbocycles. The average Bonchev–Trinajstić information content (AvgIpc) is 3.45. The standard InChI is InChI=1S/C34H31N3OS/c1-23-13-17-26(18-14-23)30(38)21-29(25-9-5-3-6-10-25)31-32(27-19-15-24(2)16-20-27)36-34-37(35-22-39-34)33(31)28-11-7-4-8-12-28/h3-20,22,29,33-34,36H,21H2,1-2H3. The van der Waals surface area contributed by atoms with Crippen molar-refractivity contribution in [2.75, 3.05) is 0 Å². The number of nitrogens with zero attached hydrogens (tertiary/aromatic N) is 2. The molecule has 0 bridgehead atoms. The molecule has 0 amide bonds. The fourth-order valence-corrected chi connectivity index (χ4v) is 6.25. The molecule has 3 atom stereocenters. The van der Waals surface area contributed by atoms with E-state index in [4.69, 9.17) is 5.10 Å². The van der Waals surface area contributed by atoms with E-state index in [0.29, 0.717) is 6.42 Å². The molecule has 0 radical (unpaired) electrons. The van der Waals surface area contributed by atoms with E-state index in [9.17, 15) is 4.79 Å². The largest absolute Gasteiger partial charge is 0.355 e. The summed E-state index contributed by atoms with van der Waals surface area (Å²) >= 11 is 1.67. The lowest BCUT2D eigenvalue weighted by Gasteiger charge is -2.43. The molecule has 2 aliphatic rings. The normalized spacial score (nSPS) is 19.0. The van der Waals surface area contributed by atoms with Gasteiger partial charge in [0.15, 0.2) is 11.3 Å². The molecule has 0 fully saturated rings. The maximum absolute atomic E-state index is 13.9. The molecule has 6 rings (SSSR count). The lowest BCUT2D eigenvalue weighted by atomic mass is 9.77. The number of Topliss-reactive ketones (excluding diaryl/α,β-unsaturated/α-hetero) is 1. The fourth-order valence-electron chi connectivity index (χ4n) is 5.49. The van der Waals surface area contributed by atoms with Crippen LogP contribution in [0.15, 0.2) is 120 Å². The Bertz CT molecular complexity index is 1510. The van der Waals surface area contributed by atoms with Crippen molar-refractivity contribution in [2.24, 2.45) is 5.10 Å². The van der Waals surface area contributed by atoms with Gasteiger partial charge >= 0.3 is 0 Å². The van der Waals surface area contributed by atoms with Crippen LogP contribution in [0.1, 0.15) is 56.6 Å². The number of hydrazone groups is 1. The van der Waals surface area contributed by atoms with Crippen molar-refractivity contribution in [1.82, 2.24) is 10.3 Å². The van der Waals surface area contributed by atoms with Gasteiger partial charge in [0.05, 0.1) is 11.6 Å². The summed E-state index contributed by atoms with van der Waals surface area (Å²) in [6.07, 6.45) is 0.359. The summed E-state index contributed by atoms with van der Waals surface area (Å²) in [4.78, 5) is 13.9. The van der Waals surface area contributed by atoms with Crippen molar-refractivity contribution < 1.29 is 4.79 Å². The summed E-state index contributed by atoms with van der Waals surface area (Å²) in [7, 11) is 0. The molecule has 3 unspecified atom stereocenters. The lowest BCUT2D eigenvalue weighted by molar-refractivity contribution is 0.0972. The van der Waals surface area contributed by atoms with Crippen molar-refractivity contribution in [3.63, 3.8) is 0 Å². The van der Waals surface area contributed by atoms with Gasteiger partial charge in [-0.3, -0.25) is 9.80 Å². The number of carbonyl (C=O) groups excluding carboxylic acids is 1. The van der Waals surface area contributed by atoms with Gasteiger partial charge in [-0.2, -0.15) is 5.10 Å². The first-order chi connectivity index (χ1) is 19.1. The molecule has 2 aliphatic heterocycles. The van der Waals surface area contributed by atoms with E-state index < -0.39 is 0 Å². The van der Waals surface area contributed by atoms with E-state index >= 15 is 0 Å². The first kappa shape index (κ1) is 25.2. The monoisotopic (exact) mass is 529 g/mol. The maximum Gasteiger partial charge on any atom is 0.170 e. The van der Waals surface area contributed by atoms with Gasteiger partial charge in [0.25, 0.3) is 0 Å². The summed E-state index contributed by atoms with van der Waals surface area (Å²) < 4.78 is 0. The number of nitrogens with one attached hydrogen (secondary N) is 1. The second kappa shape index (κ2) is 11.0. The van der Waals surface area contributed by atoms with Crippen molar-refractivity contribution in [2.45, 2.75) is 37.7 Å². The van der Waals surface area contributed by atoms with E-state index in [1.165, 1.54) is 5.56 Å². The highest BCUT2D eigenvalue weighted by Crippen LogP contribution is 2.49. The van der Waals surface area contributed by atoms with Gasteiger partial charge in [-0.15, -0.1) is 0 Å². The second-order valence-electron chi connectivity index (χ2n) is 10.2. The quantitative estimate of drug-likeness (QED) is 0.249. The van der Waals surface area contributed by atoms with E-state index in [2.05, 4.69) is 90.0 Å². The number of fused-ring (bicyclic) bond motifs is 1. The van der Waals surface area contributed by atoms with Crippen LogP contribution >= 0.6 is 11.8 Å². The third kappa shape index (κ3) is 5.15. The molecule has 39 heavy (non-hydrogen) atoms. The number of rotatable bonds is 7. The SMILES string of the molecule is Cc1ccc(C(=O)CC(C2=C(c3ccc(C)cc3)NC3SC=NN3C2c2ccccc2)c2ccccc2)cc1. The molecule has 194 valence electrons. The Hall–Kier alpha value is -4.09. The minimum atomic E-state index is -0.157. The van der Waals surface area contributed by atoms with E-state index in [1.54, 1.807) is 11.8 Å². The van der Waals surface area contributed by atoms with E-state index in [0.717, 1.165) is 39.1 Å². The fraction of sp³-hybridized carbons (Fsp3) is 0.176. The number of hydrogen-bond acceptors (Lipinski definition) is 5. The highest BCUT2D eigenvalue weighted by Gasteiger charge is 2.42. The number of hydrogen-bond donors (Lipinski definition) is 1. The van der Waals surface area contributed by atoms with Gasteiger partial charge in [-0.25, -0.2) is 0 Å². The molecule has 0 spiro atoms. The smallest absolute Gasteiger partial charge is 0.170 e. The zero-order valence-electron chi connectivity index (χ0n) is 22.1. The van der Waals surface area contributed by atoms with Gasteiger partial charge in [0, 0.05) is 23.6 Å². The highest BCUT2D eigenvalue weighted by atomic mass is 32.2. The van der Waals surface area contributed by atoms with Gasteiger partial charge in [0.2, 0.25) is 0 Å². The summed E-state index contributed by atoms with van der Waals surface area (Å²) in [5.74, 6) is -0.0244. The maximum atomic E-state index is 13.9. The molecule has 4 nitrogen and oxygen atoms in total. The molecule has 4 aromatic rings. The Balaban J connectivity index is 1.57. The first-order valence-corrected chi connectivity index (χ1v) is 14.3. The third-order valence-electron chi connectivity index (χ3n) is 7.52. The van der Waals surface area contributed by atoms with Crippen LogP contribution in [0.2, 0.25) is 0 Å². The van der Waals surface area contributed by atoms with Crippen LogP contribution in [0.5, 0.6) is 0 Å². The van der Waals surface area contributed by atoms with E-state index in [1.807, 2.05) is 48.9 Å². The molecular formula is C34H31N3OS. The average molecular weight is 530 g/mol. The lowest BCUT2D eigenvalue weighted by Crippen LogP contribution is -2.46. The summed E-state index contributed by atoms with van der Waals surface area (Å²) in [5.41, 5.74) is 10.6. The van der Waals surface area contributed by atoms with Crippen LogP contribution < -0.4 is 5.32 Å². The molecule has 0 aromatic heterocycles. The number of thioether (sulfide) groups is 1. The highest BCUT2D eigenvalue weighted by molar-refractivity contribution is 8.12. The minimum absolute atomic E-state index is 0.0283. The Morgan fingerprint density at radius 1 is 0.846 bits per heavy atom. The second-order valence-corrected chi connectivity index (χ2v) is 11.1. The van der Waals surface area contributed by atoms with Crippen LogP contribution in [-0.2, 0) is 0 Å². The van der Waals surface area contributed by atoms with Crippen molar-refractivity contribution in [3.05, 3.63) is 148 Å². The van der Waals surface area contributed by atoms with Gasteiger partial charge < -0.3 is 5.32 Å². The number of carbonyl (C=O) groups is 1. The van der Waals surface area contributed by atoms with Crippen LogP contribution in [0, 0.1) is 13.8 Å². The molecule has 0 saturated carbocycles. The number of ketones is 1. The zero-order chi connectivity index (χ0) is 26.8. The van der Waals surface area contributed by atoms with Crippen LogP contribution in [0.4, 0.5) is 0 Å². The number of aryl methyl sites for hydroxylation is 2. The summed E-state index contributed by atoms with van der Waals surface area (Å²) in [6, 6.07) is 37.4. The molecule has 5 heteroatoms. The molecule has 4 aromatic carbocycles. The van der Waals surface area contributed by atoms with E-state index in [-0.39, 0.29) is 23.2 Å². The van der Waals surface area contributed by atoms with Crippen molar-refractivity contribution in [1.29, 1.82) is 0 Å². The van der Waals surface area contributed by atoms with Gasteiger partial charge in [-0.05, 0) is 36.1 Å². The van der Waals surface area contributed by atoms with Crippen LogP contribution in [-0.4, -0.2) is 21.8 Å². The summed E-state index contributed by atoms with van der Waals surface area (Å²) in [6.45, 7) is 4.15. The molecular weight excluding hydrogens is 498 g/mol. The molecule has 0 saturated heterocycles. The predicted molar refractivity (Wildman–Crippen MR) is 161 cm³/mol. The van der Waals surface area contributed by atoms with Gasteiger partial charge in [0.1, 0.15) is 0 Å². The topological polar surface area (TPSA) is 44.7 Å². The van der Waals surface area contributed by atoms with Gasteiger partial charge in [-0.1, -0.05) is 132 Å². The Morgan fingerprint density at radius 3 is 2.13 bits per heavy atom. The molecule has 1 N–H and O–H groups in total. The Labute approximate surface area is 234 Å². The van der Waals surface area contributed by atoms with Crippen LogP contribution in [0.3, 0.4) is 0 Å². The number of benzene rings is 4. The predicted octanol–water partition coefficient (Wildman–Crippen LogP) is 7.69. The van der Waals surface area contributed by atoms with Crippen molar-refractivity contribution in [3.8, 4) is 0 Å². The molecule has 2 heterocycles. The zero-order valence-corrected chi connectivity index (χ0v) is 22.9. The first-order valence-electron chi connectivity index (χ1n) is 13.3. The summed E-state index contributed by atoms with van der Waals surface area (Å²) in [5, 5.41) is 10.8. The van der Waals surface area contributed by atoms with Crippen molar-refractivity contribution >= 4 is 28.8 Å². The van der Waals surface area contributed by atoms with Crippen LogP contribution in [0.25, 0.3) is 5.70 Å².